The molecule has 0 fully saturated rings. The van der Waals surface area contributed by atoms with Gasteiger partial charge in [-0.15, -0.1) is 0 Å². The van der Waals surface area contributed by atoms with Gasteiger partial charge in [-0.25, -0.2) is 9.59 Å². The van der Waals surface area contributed by atoms with E-state index in [9.17, 15) is 9.59 Å². The monoisotopic (exact) mass is 248 g/mol. The zero-order valence-corrected chi connectivity index (χ0v) is 10.4. The molecule has 17 heavy (non-hydrogen) atoms. The molecule has 0 aliphatic heterocycles. The molecule has 0 aliphatic carbocycles. The maximum Gasteiger partial charge on any atom is 0.334 e. The Morgan fingerprint density at radius 1 is 1.41 bits per heavy atom. The molecule has 7 nitrogen and oxygen atoms in total. The van der Waals surface area contributed by atoms with Crippen molar-refractivity contribution >= 4 is 12.0 Å². The number of nitrogens with one attached hydrogen (secondary N) is 2. The summed E-state index contributed by atoms with van der Waals surface area (Å²) in [4.78, 5) is 21.9. The van der Waals surface area contributed by atoms with Crippen LogP contribution in [0.3, 0.4) is 0 Å². The Morgan fingerprint density at radius 3 is 2.53 bits per heavy atom. The van der Waals surface area contributed by atoms with Gasteiger partial charge in [0.25, 0.3) is 0 Å². The molecular weight excluding hydrogens is 228 g/mol. The SMILES string of the molecule is CCOCC(C)NC(=O)NCC(OC)C(=O)O. The lowest BCUT2D eigenvalue weighted by molar-refractivity contribution is -0.147. The number of rotatable bonds is 8. The molecule has 7 heteroatoms. The Hall–Kier alpha value is -1.34. The van der Waals surface area contributed by atoms with Crippen LogP contribution in [0.15, 0.2) is 0 Å². The van der Waals surface area contributed by atoms with Crippen molar-refractivity contribution in [2.75, 3.05) is 26.9 Å². The van der Waals surface area contributed by atoms with Gasteiger partial charge in [0.05, 0.1) is 19.2 Å². The number of carbonyl (C=O) groups excluding carboxylic acids is 1. The minimum Gasteiger partial charge on any atom is -0.479 e. The van der Waals surface area contributed by atoms with Crippen LogP contribution in [0.1, 0.15) is 13.8 Å². The molecule has 0 bridgehead atoms. The van der Waals surface area contributed by atoms with Crippen LogP contribution in [-0.2, 0) is 14.3 Å². The van der Waals surface area contributed by atoms with E-state index in [1.165, 1.54) is 7.11 Å². The summed E-state index contributed by atoms with van der Waals surface area (Å²) in [6.45, 7) is 4.57. The number of hydrogen-bond donors (Lipinski definition) is 3. The van der Waals surface area contributed by atoms with E-state index in [4.69, 9.17) is 9.84 Å². The third-order valence-electron chi connectivity index (χ3n) is 1.96. The standard InChI is InChI=1S/C10H20N2O5/c1-4-17-6-7(2)12-10(15)11-5-8(16-3)9(13)14/h7-8H,4-6H2,1-3H3,(H,13,14)(H2,11,12,15). The molecule has 0 spiro atoms. The number of amides is 2. The average Bonchev–Trinajstić information content (AvgIpc) is 2.26. The number of hydrogen-bond acceptors (Lipinski definition) is 4. The number of carbonyl (C=O) groups is 2. The van der Waals surface area contributed by atoms with Crippen molar-refractivity contribution in [2.24, 2.45) is 0 Å². The highest BCUT2D eigenvalue weighted by Crippen LogP contribution is 1.88. The third kappa shape index (κ3) is 7.53. The first-order valence-corrected chi connectivity index (χ1v) is 5.39. The molecule has 100 valence electrons. The summed E-state index contributed by atoms with van der Waals surface area (Å²) in [6.07, 6.45) is -1.04. The Morgan fingerprint density at radius 2 is 2.06 bits per heavy atom. The topological polar surface area (TPSA) is 96.9 Å². The van der Waals surface area contributed by atoms with Gasteiger partial charge >= 0.3 is 12.0 Å². The van der Waals surface area contributed by atoms with Gasteiger partial charge in [-0.3, -0.25) is 0 Å². The van der Waals surface area contributed by atoms with Crippen LogP contribution < -0.4 is 10.6 Å². The second-order valence-corrected chi connectivity index (χ2v) is 3.48. The average molecular weight is 248 g/mol. The molecule has 0 aromatic rings. The summed E-state index contributed by atoms with van der Waals surface area (Å²) >= 11 is 0. The summed E-state index contributed by atoms with van der Waals surface area (Å²) in [7, 11) is 1.27. The van der Waals surface area contributed by atoms with E-state index in [1.807, 2.05) is 6.92 Å². The largest absolute Gasteiger partial charge is 0.479 e. The molecular formula is C10H20N2O5. The number of aliphatic carboxylic acids is 1. The second-order valence-electron chi connectivity index (χ2n) is 3.48. The predicted molar refractivity (Wildman–Crippen MR) is 60.9 cm³/mol. The first-order chi connectivity index (χ1) is 8.01. The van der Waals surface area contributed by atoms with Crippen molar-refractivity contribution in [1.82, 2.24) is 10.6 Å². The van der Waals surface area contributed by atoms with Crippen molar-refractivity contribution in [3.05, 3.63) is 0 Å². The summed E-state index contributed by atoms with van der Waals surface area (Å²) in [5.41, 5.74) is 0. The summed E-state index contributed by atoms with van der Waals surface area (Å²) < 4.78 is 9.79. The lowest BCUT2D eigenvalue weighted by Crippen LogP contribution is -2.46. The molecule has 0 radical (unpaired) electrons. The molecule has 3 N–H and O–H groups in total. The molecule has 0 aromatic heterocycles. The molecule has 0 saturated carbocycles. The van der Waals surface area contributed by atoms with Crippen molar-refractivity contribution in [1.29, 1.82) is 0 Å². The van der Waals surface area contributed by atoms with E-state index in [-0.39, 0.29) is 12.6 Å². The highest BCUT2D eigenvalue weighted by atomic mass is 16.5. The quantitative estimate of drug-likeness (QED) is 0.553. The van der Waals surface area contributed by atoms with Gasteiger partial charge in [0.1, 0.15) is 0 Å². The van der Waals surface area contributed by atoms with Crippen molar-refractivity contribution in [3.8, 4) is 0 Å². The molecule has 2 unspecified atom stereocenters. The summed E-state index contributed by atoms with van der Waals surface area (Å²) in [6, 6.07) is -0.582. The molecule has 2 amide bonds. The highest BCUT2D eigenvalue weighted by molar-refractivity contribution is 5.77. The lowest BCUT2D eigenvalue weighted by atomic mass is 10.3. The lowest BCUT2D eigenvalue weighted by Gasteiger charge is -2.16. The zero-order chi connectivity index (χ0) is 13.3. The molecule has 2 atom stereocenters. The van der Waals surface area contributed by atoms with E-state index >= 15 is 0 Å². The van der Waals surface area contributed by atoms with E-state index in [1.54, 1.807) is 6.92 Å². The van der Waals surface area contributed by atoms with Gasteiger partial charge in [-0.1, -0.05) is 0 Å². The highest BCUT2D eigenvalue weighted by Gasteiger charge is 2.17. The second kappa shape index (κ2) is 8.77. The van der Waals surface area contributed by atoms with Crippen LogP contribution in [0.25, 0.3) is 0 Å². The van der Waals surface area contributed by atoms with E-state index < -0.39 is 18.1 Å². The Kier molecular flexibility index (Phi) is 8.08. The van der Waals surface area contributed by atoms with E-state index in [0.29, 0.717) is 13.2 Å². The minimum atomic E-state index is -1.12. The molecule has 0 rings (SSSR count). The zero-order valence-electron chi connectivity index (χ0n) is 10.4. The van der Waals surface area contributed by atoms with Crippen LogP contribution in [-0.4, -0.2) is 56.1 Å². The summed E-state index contributed by atoms with van der Waals surface area (Å²) in [5.74, 6) is -1.12. The van der Waals surface area contributed by atoms with Gasteiger partial charge in [0.2, 0.25) is 0 Å². The third-order valence-corrected chi connectivity index (χ3v) is 1.96. The number of ether oxygens (including phenoxy) is 2. The van der Waals surface area contributed by atoms with Gasteiger partial charge in [0, 0.05) is 13.7 Å². The van der Waals surface area contributed by atoms with Gasteiger partial charge in [-0.05, 0) is 13.8 Å². The fourth-order valence-electron chi connectivity index (χ4n) is 1.07. The number of urea groups is 1. The molecule has 0 aromatic carbocycles. The first kappa shape index (κ1) is 15.7. The number of carboxylic acids is 1. The number of carboxylic acid groups (broad SMARTS) is 1. The fraction of sp³-hybridized carbons (Fsp3) is 0.800. The Bertz CT molecular complexity index is 247. The fourth-order valence-corrected chi connectivity index (χ4v) is 1.07. The van der Waals surface area contributed by atoms with Crippen LogP contribution in [0.5, 0.6) is 0 Å². The predicted octanol–water partition coefficient (Wildman–Crippen LogP) is -0.190. The maximum atomic E-state index is 11.3. The first-order valence-electron chi connectivity index (χ1n) is 5.39. The van der Waals surface area contributed by atoms with E-state index in [2.05, 4.69) is 15.4 Å². The summed E-state index contributed by atoms with van der Waals surface area (Å²) in [5, 5.41) is 13.7. The van der Waals surface area contributed by atoms with E-state index in [0.717, 1.165) is 0 Å². The Balaban J connectivity index is 3.82. The Labute approximate surface area is 100 Å². The van der Waals surface area contributed by atoms with Crippen LogP contribution in [0.4, 0.5) is 4.79 Å². The smallest absolute Gasteiger partial charge is 0.334 e. The number of methoxy groups -OCH3 is 1. The van der Waals surface area contributed by atoms with Crippen LogP contribution in [0.2, 0.25) is 0 Å². The van der Waals surface area contributed by atoms with Crippen LogP contribution >= 0.6 is 0 Å². The van der Waals surface area contributed by atoms with Crippen molar-refractivity contribution in [3.63, 3.8) is 0 Å². The van der Waals surface area contributed by atoms with Crippen molar-refractivity contribution in [2.45, 2.75) is 26.0 Å². The maximum absolute atomic E-state index is 11.3. The van der Waals surface area contributed by atoms with Crippen LogP contribution in [0, 0.1) is 0 Å². The van der Waals surface area contributed by atoms with Gasteiger partial charge < -0.3 is 25.2 Å². The molecule has 0 aliphatic rings. The normalized spacial score (nSPS) is 13.8. The van der Waals surface area contributed by atoms with Gasteiger partial charge in [-0.2, -0.15) is 0 Å². The molecule has 0 heterocycles. The van der Waals surface area contributed by atoms with Crippen molar-refractivity contribution < 1.29 is 24.2 Å². The minimum absolute atomic E-state index is 0.0843. The van der Waals surface area contributed by atoms with Gasteiger partial charge in [0.15, 0.2) is 6.10 Å². The molecule has 0 saturated heterocycles.